The molecule has 0 unspecified atom stereocenters. The standard InChI is InChI=1S/C7H4F2N2/c1-4-5(8)3-11-6(2-10)7(4)9/h3H,1H3. The molecule has 1 heterocycles. The summed E-state index contributed by atoms with van der Waals surface area (Å²) in [5, 5.41) is 8.26. The van der Waals surface area contributed by atoms with Crippen LogP contribution in [0.5, 0.6) is 0 Å². The van der Waals surface area contributed by atoms with Crippen molar-refractivity contribution in [3.05, 3.63) is 29.1 Å². The smallest absolute Gasteiger partial charge is 0.176 e. The lowest BCUT2D eigenvalue weighted by Gasteiger charge is -1.97. The molecule has 0 N–H and O–H groups in total. The number of rotatable bonds is 0. The Bertz CT molecular complexity index is 328. The molecular weight excluding hydrogens is 150 g/mol. The van der Waals surface area contributed by atoms with Gasteiger partial charge in [-0.05, 0) is 6.92 Å². The number of hydrogen-bond acceptors (Lipinski definition) is 2. The van der Waals surface area contributed by atoms with Crippen LogP contribution in [0.15, 0.2) is 6.20 Å². The highest BCUT2D eigenvalue weighted by Crippen LogP contribution is 2.11. The van der Waals surface area contributed by atoms with E-state index in [2.05, 4.69) is 4.98 Å². The first-order chi connectivity index (χ1) is 5.16. The predicted octanol–water partition coefficient (Wildman–Crippen LogP) is 1.54. The van der Waals surface area contributed by atoms with Crippen LogP contribution < -0.4 is 0 Å². The molecule has 0 fully saturated rings. The molecule has 1 rings (SSSR count). The second-order valence-corrected chi connectivity index (χ2v) is 2.01. The van der Waals surface area contributed by atoms with Gasteiger partial charge in [-0.25, -0.2) is 13.8 Å². The molecule has 0 aliphatic heterocycles. The fraction of sp³-hybridized carbons (Fsp3) is 0.143. The summed E-state index contributed by atoms with van der Waals surface area (Å²) in [4.78, 5) is 3.25. The zero-order chi connectivity index (χ0) is 8.43. The SMILES string of the molecule is Cc1c(F)cnc(C#N)c1F. The third kappa shape index (κ3) is 1.17. The molecule has 0 aliphatic carbocycles. The number of nitrogens with zero attached hydrogens (tertiary/aromatic N) is 2. The Kier molecular flexibility index (Phi) is 1.81. The van der Waals surface area contributed by atoms with Crippen LogP contribution in [-0.4, -0.2) is 4.98 Å². The molecule has 0 saturated heterocycles. The van der Waals surface area contributed by atoms with Gasteiger partial charge in [0.15, 0.2) is 11.5 Å². The number of pyridine rings is 1. The second-order valence-electron chi connectivity index (χ2n) is 2.01. The highest BCUT2D eigenvalue weighted by Gasteiger charge is 2.09. The molecule has 4 heteroatoms. The lowest BCUT2D eigenvalue weighted by atomic mass is 10.2. The number of aromatic nitrogens is 1. The summed E-state index contributed by atoms with van der Waals surface area (Å²) in [6, 6.07) is 1.51. The van der Waals surface area contributed by atoms with Crippen molar-refractivity contribution in [3.8, 4) is 6.07 Å². The van der Waals surface area contributed by atoms with Gasteiger partial charge in [-0.3, -0.25) is 0 Å². The van der Waals surface area contributed by atoms with Crippen molar-refractivity contribution in [2.75, 3.05) is 0 Å². The van der Waals surface area contributed by atoms with Gasteiger partial charge in [0.1, 0.15) is 11.9 Å². The third-order valence-electron chi connectivity index (χ3n) is 1.31. The topological polar surface area (TPSA) is 36.7 Å². The van der Waals surface area contributed by atoms with Crippen molar-refractivity contribution in [2.24, 2.45) is 0 Å². The van der Waals surface area contributed by atoms with Crippen molar-refractivity contribution in [1.82, 2.24) is 4.98 Å². The summed E-state index contributed by atoms with van der Waals surface area (Å²) in [6.07, 6.45) is 0.830. The molecule has 0 spiro atoms. The Morgan fingerprint density at radius 1 is 1.55 bits per heavy atom. The van der Waals surface area contributed by atoms with Crippen molar-refractivity contribution in [3.63, 3.8) is 0 Å². The molecule has 0 aromatic carbocycles. The van der Waals surface area contributed by atoms with Crippen LogP contribution in [0, 0.1) is 29.9 Å². The van der Waals surface area contributed by atoms with Gasteiger partial charge in [-0.15, -0.1) is 0 Å². The molecule has 0 saturated carbocycles. The van der Waals surface area contributed by atoms with E-state index in [1.807, 2.05) is 0 Å². The first kappa shape index (κ1) is 7.61. The van der Waals surface area contributed by atoms with E-state index < -0.39 is 11.6 Å². The molecule has 56 valence electrons. The van der Waals surface area contributed by atoms with Gasteiger partial charge in [0.25, 0.3) is 0 Å². The van der Waals surface area contributed by atoms with Gasteiger partial charge < -0.3 is 0 Å². The Hall–Kier alpha value is -1.50. The van der Waals surface area contributed by atoms with Gasteiger partial charge in [-0.2, -0.15) is 5.26 Å². The highest BCUT2D eigenvalue weighted by atomic mass is 19.1. The maximum Gasteiger partial charge on any atom is 0.176 e. The molecule has 0 atom stereocenters. The van der Waals surface area contributed by atoms with Crippen molar-refractivity contribution >= 4 is 0 Å². The molecule has 0 amide bonds. The molecule has 0 bridgehead atoms. The van der Waals surface area contributed by atoms with Gasteiger partial charge >= 0.3 is 0 Å². The number of nitriles is 1. The zero-order valence-electron chi connectivity index (χ0n) is 5.73. The van der Waals surface area contributed by atoms with E-state index in [-0.39, 0.29) is 11.3 Å². The van der Waals surface area contributed by atoms with E-state index in [1.165, 1.54) is 13.0 Å². The minimum atomic E-state index is -0.882. The maximum atomic E-state index is 12.7. The van der Waals surface area contributed by atoms with E-state index in [0.717, 1.165) is 6.20 Å². The Morgan fingerprint density at radius 3 is 2.73 bits per heavy atom. The summed E-state index contributed by atoms with van der Waals surface area (Å²) in [5.74, 6) is -1.62. The van der Waals surface area contributed by atoms with E-state index in [9.17, 15) is 8.78 Å². The highest BCUT2D eigenvalue weighted by molar-refractivity contribution is 5.27. The van der Waals surface area contributed by atoms with E-state index in [4.69, 9.17) is 5.26 Å². The molecule has 1 aromatic heterocycles. The third-order valence-corrected chi connectivity index (χ3v) is 1.31. The Balaban J connectivity index is 3.40. The minimum Gasteiger partial charge on any atom is -0.240 e. The fourth-order valence-corrected chi connectivity index (χ4v) is 0.635. The van der Waals surface area contributed by atoms with Crippen LogP contribution in [0.1, 0.15) is 11.3 Å². The van der Waals surface area contributed by atoms with E-state index in [0.29, 0.717) is 0 Å². The molecule has 2 nitrogen and oxygen atoms in total. The maximum absolute atomic E-state index is 12.7. The molecular formula is C7H4F2N2. The largest absolute Gasteiger partial charge is 0.240 e. The summed E-state index contributed by atoms with van der Waals surface area (Å²) >= 11 is 0. The molecule has 1 aromatic rings. The summed E-state index contributed by atoms with van der Waals surface area (Å²) < 4.78 is 25.2. The van der Waals surface area contributed by atoms with Gasteiger partial charge in [0.05, 0.1) is 6.20 Å². The van der Waals surface area contributed by atoms with Gasteiger partial charge in [0, 0.05) is 5.56 Å². The van der Waals surface area contributed by atoms with E-state index in [1.54, 1.807) is 0 Å². The molecule has 0 radical (unpaired) electrons. The summed E-state index contributed by atoms with van der Waals surface area (Å²) in [5.41, 5.74) is -0.541. The Morgan fingerprint density at radius 2 is 2.18 bits per heavy atom. The van der Waals surface area contributed by atoms with Crippen LogP contribution in [0.3, 0.4) is 0 Å². The Labute approximate surface area is 62.1 Å². The zero-order valence-corrected chi connectivity index (χ0v) is 5.73. The van der Waals surface area contributed by atoms with E-state index >= 15 is 0 Å². The first-order valence-electron chi connectivity index (χ1n) is 2.87. The average molecular weight is 154 g/mol. The van der Waals surface area contributed by atoms with Crippen LogP contribution in [0.4, 0.5) is 8.78 Å². The van der Waals surface area contributed by atoms with Crippen LogP contribution in [0.25, 0.3) is 0 Å². The average Bonchev–Trinajstić information content (AvgIpc) is 2.01. The monoisotopic (exact) mass is 154 g/mol. The van der Waals surface area contributed by atoms with Crippen LogP contribution >= 0.6 is 0 Å². The van der Waals surface area contributed by atoms with Crippen LogP contribution in [-0.2, 0) is 0 Å². The summed E-state index contributed by atoms with van der Waals surface area (Å²) in [7, 11) is 0. The quantitative estimate of drug-likeness (QED) is 0.568. The first-order valence-corrected chi connectivity index (χ1v) is 2.87. The summed E-state index contributed by atoms with van der Waals surface area (Å²) in [6.45, 7) is 1.26. The lowest BCUT2D eigenvalue weighted by Crippen LogP contribution is -1.96. The van der Waals surface area contributed by atoms with Crippen molar-refractivity contribution in [1.29, 1.82) is 5.26 Å². The minimum absolute atomic E-state index is 0.170. The lowest BCUT2D eigenvalue weighted by molar-refractivity contribution is 0.555. The van der Waals surface area contributed by atoms with Crippen LogP contribution in [0.2, 0.25) is 0 Å². The van der Waals surface area contributed by atoms with Crippen molar-refractivity contribution in [2.45, 2.75) is 6.92 Å². The predicted molar refractivity (Wildman–Crippen MR) is 33.6 cm³/mol. The second kappa shape index (κ2) is 2.62. The van der Waals surface area contributed by atoms with Gasteiger partial charge in [0.2, 0.25) is 0 Å². The molecule has 11 heavy (non-hydrogen) atoms. The normalized spacial score (nSPS) is 9.27. The molecule has 0 aliphatic rings. The fourth-order valence-electron chi connectivity index (χ4n) is 0.635. The van der Waals surface area contributed by atoms with Crippen molar-refractivity contribution < 1.29 is 8.78 Å². The van der Waals surface area contributed by atoms with Gasteiger partial charge in [-0.1, -0.05) is 0 Å². The number of halogens is 2. The number of hydrogen-bond donors (Lipinski definition) is 0.